The Morgan fingerprint density at radius 1 is 1.30 bits per heavy atom. The van der Waals surface area contributed by atoms with Crippen LogP contribution in [0.1, 0.15) is 29.1 Å². The molecule has 2 aromatic heterocycles. The lowest BCUT2D eigenvalue weighted by Crippen LogP contribution is -2.12. The van der Waals surface area contributed by atoms with Gasteiger partial charge in [-0.15, -0.1) is 11.3 Å². The molecular formula is C15H18N4S. The number of hydrogen-bond acceptors (Lipinski definition) is 4. The minimum atomic E-state index is 0.771. The summed E-state index contributed by atoms with van der Waals surface area (Å²) in [6.45, 7) is 4.13. The van der Waals surface area contributed by atoms with E-state index in [2.05, 4.69) is 27.2 Å². The highest BCUT2D eigenvalue weighted by Gasteiger charge is 2.07. The molecule has 2 heterocycles. The zero-order chi connectivity index (χ0) is 13.8. The van der Waals surface area contributed by atoms with Gasteiger partial charge in [-0.1, -0.05) is 19.1 Å². The largest absolute Gasteiger partial charge is 0.342 e. The van der Waals surface area contributed by atoms with Gasteiger partial charge in [-0.3, -0.25) is 0 Å². The second-order valence-corrected chi connectivity index (χ2v) is 5.97. The van der Waals surface area contributed by atoms with Crippen LogP contribution in [0, 0.1) is 0 Å². The molecule has 2 N–H and O–H groups in total. The number of thiazole rings is 1. The molecule has 0 saturated heterocycles. The highest BCUT2D eigenvalue weighted by atomic mass is 32.1. The first-order chi connectivity index (χ1) is 9.85. The fourth-order valence-electron chi connectivity index (χ4n) is 2.13. The van der Waals surface area contributed by atoms with Crippen LogP contribution in [0.15, 0.2) is 30.5 Å². The predicted octanol–water partition coefficient (Wildman–Crippen LogP) is 3.11. The number of benzene rings is 1. The number of rotatable bonds is 6. The second kappa shape index (κ2) is 6.15. The maximum atomic E-state index is 4.59. The maximum absolute atomic E-state index is 4.59. The van der Waals surface area contributed by atoms with Gasteiger partial charge in [0.05, 0.1) is 17.5 Å². The first-order valence-electron chi connectivity index (χ1n) is 6.93. The number of H-pyrrole nitrogens is 1. The lowest BCUT2D eigenvalue weighted by Gasteiger charge is -1.97. The molecule has 0 saturated carbocycles. The Labute approximate surface area is 122 Å². The van der Waals surface area contributed by atoms with Gasteiger partial charge in [-0.2, -0.15) is 0 Å². The Hall–Kier alpha value is -1.72. The monoisotopic (exact) mass is 286 g/mol. The SMILES string of the molecule is CCCNCc1cnc(Cc2nc3ccccc3[nH]2)s1. The van der Waals surface area contributed by atoms with Crippen molar-refractivity contribution in [3.8, 4) is 0 Å². The normalized spacial score (nSPS) is 11.2. The molecule has 4 nitrogen and oxygen atoms in total. The number of nitrogens with one attached hydrogen (secondary N) is 2. The molecule has 0 bridgehead atoms. The van der Waals surface area contributed by atoms with Gasteiger partial charge < -0.3 is 10.3 Å². The van der Waals surface area contributed by atoms with Gasteiger partial charge in [0, 0.05) is 17.6 Å². The third kappa shape index (κ3) is 3.05. The third-order valence-electron chi connectivity index (χ3n) is 3.08. The summed E-state index contributed by atoms with van der Waals surface area (Å²) in [6.07, 6.45) is 3.89. The first kappa shape index (κ1) is 13.3. The number of hydrogen-bond donors (Lipinski definition) is 2. The van der Waals surface area contributed by atoms with Crippen molar-refractivity contribution < 1.29 is 0 Å². The van der Waals surface area contributed by atoms with E-state index in [1.807, 2.05) is 30.5 Å². The van der Waals surface area contributed by atoms with Gasteiger partial charge in [0.1, 0.15) is 10.8 Å². The Kier molecular flexibility index (Phi) is 4.08. The molecule has 0 atom stereocenters. The molecule has 5 heteroatoms. The third-order valence-corrected chi connectivity index (χ3v) is 4.08. The van der Waals surface area contributed by atoms with E-state index in [0.29, 0.717) is 0 Å². The molecule has 3 rings (SSSR count). The van der Waals surface area contributed by atoms with Crippen molar-refractivity contribution in [1.29, 1.82) is 0 Å². The van der Waals surface area contributed by atoms with Gasteiger partial charge in [0.15, 0.2) is 0 Å². The van der Waals surface area contributed by atoms with E-state index in [1.165, 1.54) is 4.88 Å². The fraction of sp³-hybridized carbons (Fsp3) is 0.333. The quantitative estimate of drug-likeness (QED) is 0.685. The van der Waals surface area contributed by atoms with Gasteiger partial charge in [0.2, 0.25) is 0 Å². The van der Waals surface area contributed by atoms with Crippen molar-refractivity contribution in [3.05, 3.63) is 46.2 Å². The van der Waals surface area contributed by atoms with Gasteiger partial charge in [-0.05, 0) is 25.1 Å². The fourth-order valence-corrected chi connectivity index (χ4v) is 3.03. The number of para-hydroxylation sites is 2. The molecule has 0 aliphatic carbocycles. The standard InChI is InChI=1S/C15H18N4S/c1-2-7-16-9-11-10-17-15(20-11)8-14-18-12-5-3-4-6-13(12)19-14/h3-6,10,16H,2,7-9H2,1H3,(H,18,19). The van der Waals surface area contributed by atoms with Gasteiger partial charge in [0.25, 0.3) is 0 Å². The first-order valence-corrected chi connectivity index (χ1v) is 7.74. The van der Waals surface area contributed by atoms with E-state index in [1.54, 1.807) is 11.3 Å². The molecule has 20 heavy (non-hydrogen) atoms. The molecule has 0 spiro atoms. The molecule has 0 amide bonds. The molecule has 104 valence electrons. The summed E-state index contributed by atoms with van der Waals surface area (Å²) in [5.74, 6) is 0.980. The van der Waals surface area contributed by atoms with Crippen molar-refractivity contribution in [2.75, 3.05) is 6.54 Å². The molecule has 1 aromatic carbocycles. The molecule has 0 aliphatic rings. The summed E-state index contributed by atoms with van der Waals surface area (Å²) in [4.78, 5) is 13.7. The summed E-state index contributed by atoms with van der Waals surface area (Å²) in [6, 6.07) is 8.10. The zero-order valence-electron chi connectivity index (χ0n) is 11.5. The predicted molar refractivity (Wildman–Crippen MR) is 83.0 cm³/mol. The van der Waals surface area contributed by atoms with Crippen LogP contribution in [0.4, 0.5) is 0 Å². The Bertz CT molecular complexity index is 653. The van der Waals surface area contributed by atoms with Crippen LogP contribution >= 0.6 is 11.3 Å². The van der Waals surface area contributed by atoms with Crippen molar-refractivity contribution >= 4 is 22.4 Å². The summed E-state index contributed by atoms with van der Waals surface area (Å²) in [5, 5.41) is 4.51. The Balaban J connectivity index is 1.68. The number of imidazole rings is 1. The van der Waals surface area contributed by atoms with E-state index >= 15 is 0 Å². The molecule has 3 aromatic rings. The summed E-state index contributed by atoms with van der Waals surface area (Å²) < 4.78 is 0. The highest BCUT2D eigenvalue weighted by molar-refractivity contribution is 7.11. The maximum Gasteiger partial charge on any atom is 0.114 e. The van der Waals surface area contributed by atoms with E-state index in [4.69, 9.17) is 0 Å². The lowest BCUT2D eigenvalue weighted by molar-refractivity contribution is 0.681. The van der Waals surface area contributed by atoms with Crippen LogP contribution in [0.5, 0.6) is 0 Å². The van der Waals surface area contributed by atoms with Gasteiger partial charge in [-0.25, -0.2) is 9.97 Å². The number of fused-ring (bicyclic) bond motifs is 1. The van der Waals surface area contributed by atoms with Crippen LogP contribution in [-0.4, -0.2) is 21.5 Å². The molecule has 0 aliphatic heterocycles. The lowest BCUT2D eigenvalue weighted by atomic mass is 10.3. The van der Waals surface area contributed by atoms with Crippen molar-refractivity contribution in [2.45, 2.75) is 26.3 Å². The summed E-state index contributed by atoms with van der Waals surface area (Å²) in [5.41, 5.74) is 2.10. The minimum absolute atomic E-state index is 0.771. The molecule has 0 unspecified atom stereocenters. The zero-order valence-corrected chi connectivity index (χ0v) is 12.3. The second-order valence-electron chi connectivity index (χ2n) is 4.77. The van der Waals surface area contributed by atoms with Crippen LogP contribution in [-0.2, 0) is 13.0 Å². The van der Waals surface area contributed by atoms with Crippen molar-refractivity contribution in [2.24, 2.45) is 0 Å². The Morgan fingerprint density at radius 3 is 3.05 bits per heavy atom. The summed E-state index contributed by atoms with van der Waals surface area (Å²) >= 11 is 1.75. The number of aromatic nitrogens is 3. The Morgan fingerprint density at radius 2 is 2.20 bits per heavy atom. The molecule has 0 radical (unpaired) electrons. The van der Waals surface area contributed by atoms with E-state index in [-0.39, 0.29) is 0 Å². The van der Waals surface area contributed by atoms with Crippen LogP contribution in [0.25, 0.3) is 11.0 Å². The average molecular weight is 286 g/mol. The smallest absolute Gasteiger partial charge is 0.114 e. The van der Waals surface area contributed by atoms with Crippen LogP contribution in [0.3, 0.4) is 0 Å². The van der Waals surface area contributed by atoms with Gasteiger partial charge >= 0.3 is 0 Å². The number of aromatic amines is 1. The van der Waals surface area contributed by atoms with E-state index in [9.17, 15) is 0 Å². The van der Waals surface area contributed by atoms with E-state index < -0.39 is 0 Å². The minimum Gasteiger partial charge on any atom is -0.342 e. The van der Waals surface area contributed by atoms with Crippen LogP contribution < -0.4 is 5.32 Å². The highest BCUT2D eigenvalue weighted by Crippen LogP contribution is 2.17. The summed E-state index contributed by atoms with van der Waals surface area (Å²) in [7, 11) is 0. The van der Waals surface area contributed by atoms with Crippen molar-refractivity contribution in [3.63, 3.8) is 0 Å². The molecular weight excluding hydrogens is 268 g/mol. The van der Waals surface area contributed by atoms with Crippen molar-refractivity contribution in [1.82, 2.24) is 20.3 Å². The van der Waals surface area contributed by atoms with Crippen LogP contribution in [0.2, 0.25) is 0 Å². The number of nitrogens with zero attached hydrogens (tertiary/aromatic N) is 2. The average Bonchev–Trinajstić information content (AvgIpc) is 3.05. The van der Waals surface area contributed by atoms with E-state index in [0.717, 1.165) is 47.8 Å². The molecule has 0 fully saturated rings. The topological polar surface area (TPSA) is 53.6 Å².